The molecule has 0 bridgehead atoms. The van der Waals surface area contributed by atoms with Crippen molar-refractivity contribution < 1.29 is 24.1 Å². The Kier molecular flexibility index (Phi) is 5.39. The van der Waals surface area contributed by atoms with Gasteiger partial charge in [0.1, 0.15) is 17.2 Å². The second-order valence-corrected chi connectivity index (χ2v) is 5.50. The molecule has 0 aromatic heterocycles. The summed E-state index contributed by atoms with van der Waals surface area (Å²) in [4.78, 5) is 11.5. The molecule has 0 saturated heterocycles. The van der Waals surface area contributed by atoms with Crippen molar-refractivity contribution in [2.24, 2.45) is 0 Å². The lowest BCUT2D eigenvalue weighted by Crippen LogP contribution is -2.50. The molecule has 0 saturated carbocycles. The molecule has 132 valence electrons. The van der Waals surface area contributed by atoms with E-state index in [2.05, 4.69) is 0 Å². The normalized spacial score (nSPS) is 10.8. The lowest BCUT2D eigenvalue weighted by molar-refractivity contribution is -0.256. The first-order valence-corrected chi connectivity index (χ1v) is 8.09. The molecule has 3 aromatic rings. The fraction of sp³-hybridized carbons (Fsp3) is 0.0952. The molecule has 0 atom stereocenters. The maximum absolute atomic E-state index is 11.5. The van der Waals surface area contributed by atoms with Gasteiger partial charge in [-0.25, -0.2) is 0 Å². The van der Waals surface area contributed by atoms with Crippen LogP contribution in [-0.2, 0) is 4.79 Å². The van der Waals surface area contributed by atoms with Crippen LogP contribution in [0.1, 0.15) is 6.42 Å². The smallest absolute Gasteiger partial charge is 0.428 e. The lowest BCUT2D eigenvalue weighted by Gasteiger charge is -2.33. The van der Waals surface area contributed by atoms with Crippen LogP contribution in [0.5, 0.6) is 17.2 Å². The van der Waals surface area contributed by atoms with Gasteiger partial charge in [-0.3, -0.25) is 4.79 Å². The number of aliphatic carboxylic acids is 1. The standard InChI is InChI=1S/C21H18O5/c22-20(23)16-21(24-17-10-4-1-5-11-17,25-18-12-6-2-7-13-18)26-19-14-8-3-9-15-19/h1-15H,16H2,(H,22,23). The second kappa shape index (κ2) is 8.07. The van der Waals surface area contributed by atoms with Crippen LogP contribution in [0.25, 0.3) is 0 Å². The molecule has 0 aliphatic rings. The summed E-state index contributed by atoms with van der Waals surface area (Å²) in [5, 5.41) is 9.44. The maximum atomic E-state index is 11.5. The number of carboxylic acids is 1. The summed E-state index contributed by atoms with van der Waals surface area (Å²) in [5.41, 5.74) is 0. The average molecular weight is 350 g/mol. The van der Waals surface area contributed by atoms with Crippen LogP contribution in [0.4, 0.5) is 0 Å². The fourth-order valence-electron chi connectivity index (χ4n) is 2.36. The molecule has 0 unspecified atom stereocenters. The summed E-state index contributed by atoms with van der Waals surface area (Å²) in [6.45, 7) is 0. The second-order valence-electron chi connectivity index (χ2n) is 5.50. The molecule has 0 heterocycles. The average Bonchev–Trinajstić information content (AvgIpc) is 2.63. The van der Waals surface area contributed by atoms with Gasteiger partial charge in [-0.1, -0.05) is 54.6 Å². The zero-order valence-electron chi connectivity index (χ0n) is 13.9. The minimum Gasteiger partial charge on any atom is -0.481 e. The van der Waals surface area contributed by atoms with Crippen molar-refractivity contribution >= 4 is 5.97 Å². The molecule has 5 heteroatoms. The van der Waals surface area contributed by atoms with E-state index >= 15 is 0 Å². The van der Waals surface area contributed by atoms with Gasteiger partial charge in [0.25, 0.3) is 0 Å². The Labute approximate surface area is 151 Å². The number of hydrogen-bond donors (Lipinski definition) is 1. The quantitative estimate of drug-likeness (QED) is 0.612. The van der Waals surface area contributed by atoms with E-state index in [0.717, 1.165) is 0 Å². The number of rotatable bonds is 8. The van der Waals surface area contributed by atoms with Crippen molar-refractivity contribution in [3.05, 3.63) is 91.0 Å². The van der Waals surface area contributed by atoms with Gasteiger partial charge in [-0.2, -0.15) is 0 Å². The van der Waals surface area contributed by atoms with Crippen molar-refractivity contribution in [1.29, 1.82) is 0 Å². The zero-order chi connectivity index (χ0) is 18.2. The number of ether oxygens (including phenoxy) is 3. The van der Waals surface area contributed by atoms with Crippen molar-refractivity contribution in [2.75, 3.05) is 0 Å². The summed E-state index contributed by atoms with van der Waals surface area (Å²) in [6, 6.07) is 26.5. The van der Waals surface area contributed by atoms with E-state index in [1.54, 1.807) is 72.8 Å². The molecule has 1 N–H and O–H groups in total. The highest BCUT2D eigenvalue weighted by Gasteiger charge is 2.42. The van der Waals surface area contributed by atoms with Crippen molar-refractivity contribution in [3.63, 3.8) is 0 Å². The Hall–Kier alpha value is -3.47. The number of hydrogen-bond acceptors (Lipinski definition) is 4. The summed E-state index contributed by atoms with van der Waals surface area (Å²) in [6.07, 6.45) is -0.522. The van der Waals surface area contributed by atoms with E-state index in [1.165, 1.54) is 0 Å². The summed E-state index contributed by atoms with van der Waals surface area (Å²) in [7, 11) is 0. The molecule has 0 amide bonds. The number of carboxylic acid groups (broad SMARTS) is 1. The largest absolute Gasteiger partial charge is 0.481 e. The first-order chi connectivity index (χ1) is 12.7. The molecular formula is C21H18O5. The van der Waals surface area contributed by atoms with Crippen LogP contribution < -0.4 is 14.2 Å². The Morgan fingerprint density at radius 1 is 0.654 bits per heavy atom. The van der Waals surface area contributed by atoms with Crippen LogP contribution in [0.2, 0.25) is 0 Å². The summed E-state index contributed by atoms with van der Waals surface area (Å²) >= 11 is 0. The van der Waals surface area contributed by atoms with Crippen LogP contribution in [0.15, 0.2) is 91.0 Å². The number of carbonyl (C=O) groups is 1. The zero-order valence-corrected chi connectivity index (χ0v) is 13.9. The topological polar surface area (TPSA) is 65.0 Å². The van der Waals surface area contributed by atoms with Crippen LogP contribution in [-0.4, -0.2) is 17.0 Å². The third kappa shape index (κ3) is 4.77. The Morgan fingerprint density at radius 2 is 0.962 bits per heavy atom. The highest BCUT2D eigenvalue weighted by Crippen LogP contribution is 2.29. The summed E-state index contributed by atoms with van der Waals surface area (Å²) in [5.74, 6) is -1.69. The molecule has 26 heavy (non-hydrogen) atoms. The third-order valence-corrected chi connectivity index (χ3v) is 3.42. The SMILES string of the molecule is O=C(O)CC(Oc1ccccc1)(Oc1ccccc1)Oc1ccccc1. The Morgan fingerprint density at radius 3 is 1.23 bits per heavy atom. The van der Waals surface area contributed by atoms with Gasteiger partial charge in [0.2, 0.25) is 0 Å². The number of benzene rings is 3. The molecule has 0 radical (unpaired) electrons. The fourth-order valence-corrected chi connectivity index (χ4v) is 2.36. The van der Waals surface area contributed by atoms with Gasteiger partial charge in [0.05, 0.1) is 0 Å². The first kappa shape index (κ1) is 17.4. The highest BCUT2D eigenvalue weighted by molar-refractivity contribution is 5.67. The molecule has 3 rings (SSSR count). The minimum atomic E-state index is -1.87. The van der Waals surface area contributed by atoms with Crippen molar-refractivity contribution in [2.45, 2.75) is 12.4 Å². The molecular weight excluding hydrogens is 332 g/mol. The van der Waals surface area contributed by atoms with E-state index in [0.29, 0.717) is 17.2 Å². The minimum absolute atomic E-state index is 0.431. The first-order valence-electron chi connectivity index (χ1n) is 8.09. The Balaban J connectivity index is 1.98. The van der Waals surface area contributed by atoms with Gasteiger partial charge in [-0.15, -0.1) is 0 Å². The maximum Gasteiger partial charge on any atom is 0.428 e. The van der Waals surface area contributed by atoms with Crippen LogP contribution in [0, 0.1) is 0 Å². The molecule has 0 fully saturated rings. The van der Waals surface area contributed by atoms with Gasteiger partial charge in [0, 0.05) is 0 Å². The van der Waals surface area contributed by atoms with E-state index < -0.39 is 18.4 Å². The number of para-hydroxylation sites is 3. The highest BCUT2D eigenvalue weighted by atomic mass is 16.9. The molecule has 0 aliphatic heterocycles. The van der Waals surface area contributed by atoms with Crippen LogP contribution >= 0.6 is 0 Å². The monoisotopic (exact) mass is 350 g/mol. The van der Waals surface area contributed by atoms with Gasteiger partial charge in [-0.05, 0) is 36.4 Å². The van der Waals surface area contributed by atoms with Gasteiger partial charge >= 0.3 is 11.9 Å². The molecule has 0 spiro atoms. The lowest BCUT2D eigenvalue weighted by atomic mass is 10.3. The third-order valence-electron chi connectivity index (χ3n) is 3.42. The van der Waals surface area contributed by atoms with E-state index in [9.17, 15) is 9.90 Å². The Bertz CT molecular complexity index is 717. The van der Waals surface area contributed by atoms with Crippen molar-refractivity contribution in [3.8, 4) is 17.2 Å². The molecule has 0 aliphatic carbocycles. The van der Waals surface area contributed by atoms with Gasteiger partial charge < -0.3 is 19.3 Å². The van der Waals surface area contributed by atoms with Crippen LogP contribution in [0.3, 0.4) is 0 Å². The van der Waals surface area contributed by atoms with E-state index in [1.807, 2.05) is 18.2 Å². The summed E-state index contributed by atoms with van der Waals surface area (Å²) < 4.78 is 17.7. The van der Waals surface area contributed by atoms with E-state index in [4.69, 9.17) is 14.2 Å². The molecule has 5 nitrogen and oxygen atoms in total. The predicted octanol–water partition coefficient (Wildman–Crippen LogP) is 4.35. The van der Waals surface area contributed by atoms with Crippen molar-refractivity contribution in [1.82, 2.24) is 0 Å². The molecule has 3 aromatic carbocycles. The predicted molar refractivity (Wildman–Crippen MR) is 96.2 cm³/mol. The van der Waals surface area contributed by atoms with Gasteiger partial charge in [0.15, 0.2) is 6.42 Å². The van der Waals surface area contributed by atoms with E-state index in [-0.39, 0.29) is 0 Å².